The molecular weight excluding hydrogens is 542 g/mol. The molecule has 1 fully saturated rings. The molecule has 1 aliphatic carbocycles. The van der Waals surface area contributed by atoms with Crippen molar-refractivity contribution in [2.75, 3.05) is 34.4 Å². The third-order valence-electron chi connectivity index (χ3n) is 7.41. The largest absolute Gasteiger partial charge is 0.497 e. The van der Waals surface area contributed by atoms with Crippen molar-refractivity contribution in [3.8, 4) is 17.2 Å². The lowest BCUT2D eigenvalue weighted by atomic mass is 10.1. The van der Waals surface area contributed by atoms with Gasteiger partial charge in [0.2, 0.25) is 15.9 Å². The molecule has 10 heteroatoms. The number of aromatic amines is 1. The molecule has 3 aromatic carbocycles. The fourth-order valence-corrected chi connectivity index (χ4v) is 6.61. The smallest absolute Gasteiger partial charge is 0.243 e. The molecule has 216 valence electrons. The Kier molecular flexibility index (Phi) is 8.51. The van der Waals surface area contributed by atoms with Crippen molar-refractivity contribution < 1.29 is 27.4 Å². The first-order valence-electron chi connectivity index (χ1n) is 13.5. The Balaban J connectivity index is 1.40. The van der Waals surface area contributed by atoms with Crippen molar-refractivity contribution in [1.82, 2.24) is 14.2 Å². The zero-order valence-corrected chi connectivity index (χ0v) is 24.3. The number of benzene rings is 3. The molecule has 0 atom stereocenters. The number of sulfonamides is 1. The lowest BCUT2D eigenvalue weighted by molar-refractivity contribution is -0.132. The molecule has 1 saturated carbocycles. The topological polar surface area (TPSA) is 101 Å². The summed E-state index contributed by atoms with van der Waals surface area (Å²) >= 11 is 0. The number of rotatable bonds is 13. The first-order valence-corrected chi connectivity index (χ1v) is 15.0. The van der Waals surface area contributed by atoms with Gasteiger partial charge in [-0.15, -0.1) is 0 Å². The second kappa shape index (κ2) is 12.2. The average Bonchev–Trinajstić information content (AvgIpc) is 3.76. The Morgan fingerprint density at radius 3 is 2.34 bits per heavy atom. The van der Waals surface area contributed by atoms with Crippen LogP contribution in [0.25, 0.3) is 10.9 Å². The van der Waals surface area contributed by atoms with Gasteiger partial charge in [-0.2, -0.15) is 4.31 Å². The van der Waals surface area contributed by atoms with E-state index in [9.17, 15) is 13.2 Å². The number of aromatic nitrogens is 1. The SMILES string of the molecule is COc1ccc(S(=O)(=O)N(CC(=O)N(CCc2c[nH]c3ccccc23)Cc2ccc(OC)c(OC)c2)C2CC2)cc1. The lowest BCUT2D eigenvalue weighted by Crippen LogP contribution is -2.44. The van der Waals surface area contributed by atoms with Crippen LogP contribution in [0.3, 0.4) is 0 Å². The van der Waals surface area contributed by atoms with E-state index in [2.05, 4.69) is 11.1 Å². The van der Waals surface area contributed by atoms with Gasteiger partial charge in [-0.1, -0.05) is 24.3 Å². The van der Waals surface area contributed by atoms with Crippen LogP contribution in [0.2, 0.25) is 0 Å². The normalized spacial score (nSPS) is 13.4. The van der Waals surface area contributed by atoms with Crippen LogP contribution in [-0.2, 0) is 27.8 Å². The highest BCUT2D eigenvalue weighted by atomic mass is 32.2. The number of methoxy groups -OCH3 is 3. The maximum Gasteiger partial charge on any atom is 0.243 e. The maximum absolute atomic E-state index is 13.9. The van der Waals surface area contributed by atoms with Crippen molar-refractivity contribution in [1.29, 1.82) is 0 Å². The van der Waals surface area contributed by atoms with Gasteiger partial charge in [0.15, 0.2) is 11.5 Å². The summed E-state index contributed by atoms with van der Waals surface area (Å²) in [5.41, 5.74) is 2.98. The quantitative estimate of drug-likeness (QED) is 0.249. The second-order valence-corrected chi connectivity index (χ2v) is 12.0. The highest BCUT2D eigenvalue weighted by molar-refractivity contribution is 7.89. The minimum absolute atomic E-state index is 0.142. The standard InChI is InChI=1S/C31H35N3O6S/c1-38-25-11-13-26(14-12-25)41(36,37)34(24-9-10-24)21-31(35)33(20-22-8-15-29(39-2)30(18-22)40-3)17-16-23-19-32-28-7-5-4-6-27(23)28/h4-8,11-15,18-19,24,32H,9-10,16-17,20-21H2,1-3H3. The molecule has 1 N–H and O–H groups in total. The zero-order valence-electron chi connectivity index (χ0n) is 23.5. The number of amides is 1. The van der Waals surface area contributed by atoms with E-state index in [0.29, 0.717) is 36.8 Å². The van der Waals surface area contributed by atoms with E-state index in [-0.39, 0.29) is 23.4 Å². The van der Waals surface area contributed by atoms with Crippen molar-refractivity contribution >= 4 is 26.8 Å². The average molecular weight is 578 g/mol. The van der Waals surface area contributed by atoms with Crippen molar-refractivity contribution in [2.24, 2.45) is 0 Å². The highest BCUT2D eigenvalue weighted by Gasteiger charge is 2.40. The molecule has 1 heterocycles. The summed E-state index contributed by atoms with van der Waals surface area (Å²) in [6.07, 6.45) is 4.04. The molecule has 41 heavy (non-hydrogen) atoms. The molecule has 0 radical (unpaired) electrons. The fraction of sp³-hybridized carbons (Fsp3) is 0.323. The molecular formula is C31H35N3O6S. The van der Waals surface area contributed by atoms with Gasteiger partial charge >= 0.3 is 0 Å². The van der Waals surface area contributed by atoms with Crippen LogP contribution in [0.4, 0.5) is 0 Å². The van der Waals surface area contributed by atoms with E-state index in [1.165, 1.54) is 23.5 Å². The Morgan fingerprint density at radius 2 is 1.66 bits per heavy atom. The highest BCUT2D eigenvalue weighted by Crippen LogP contribution is 2.33. The van der Waals surface area contributed by atoms with E-state index < -0.39 is 10.0 Å². The van der Waals surface area contributed by atoms with Crippen LogP contribution in [0.1, 0.15) is 24.0 Å². The molecule has 9 nitrogen and oxygen atoms in total. The van der Waals surface area contributed by atoms with Gasteiger partial charge in [0.05, 0.1) is 32.8 Å². The van der Waals surface area contributed by atoms with Crippen LogP contribution in [0.15, 0.2) is 77.8 Å². The molecule has 0 spiro atoms. The summed E-state index contributed by atoms with van der Waals surface area (Å²) in [5, 5.41) is 1.10. The molecule has 5 rings (SSSR count). The molecule has 4 aromatic rings. The van der Waals surface area contributed by atoms with E-state index in [1.807, 2.05) is 36.5 Å². The van der Waals surface area contributed by atoms with Gasteiger partial charge < -0.3 is 24.1 Å². The molecule has 1 aromatic heterocycles. The summed E-state index contributed by atoms with van der Waals surface area (Å²) in [7, 11) is 0.790. The van der Waals surface area contributed by atoms with Gasteiger partial charge in [-0.3, -0.25) is 4.79 Å². The van der Waals surface area contributed by atoms with Gasteiger partial charge in [-0.05, 0) is 72.9 Å². The van der Waals surface area contributed by atoms with E-state index in [1.54, 1.807) is 37.3 Å². The van der Waals surface area contributed by atoms with Crippen LogP contribution >= 0.6 is 0 Å². The third kappa shape index (κ3) is 6.34. The van der Waals surface area contributed by atoms with Crippen LogP contribution in [0, 0.1) is 0 Å². The van der Waals surface area contributed by atoms with E-state index in [0.717, 1.165) is 34.9 Å². The fourth-order valence-electron chi connectivity index (χ4n) is 4.97. The zero-order chi connectivity index (χ0) is 29.0. The molecule has 1 aliphatic rings. The Hall–Kier alpha value is -4.02. The minimum Gasteiger partial charge on any atom is -0.497 e. The van der Waals surface area contributed by atoms with Gasteiger partial charge in [-0.25, -0.2) is 8.42 Å². The molecule has 0 unspecified atom stereocenters. The third-order valence-corrected chi connectivity index (χ3v) is 9.32. The number of fused-ring (bicyclic) bond motifs is 1. The summed E-state index contributed by atoms with van der Waals surface area (Å²) in [6, 6.07) is 19.7. The van der Waals surface area contributed by atoms with Crippen molar-refractivity contribution in [3.63, 3.8) is 0 Å². The predicted octanol–water partition coefficient (Wildman–Crippen LogP) is 4.62. The second-order valence-electron chi connectivity index (χ2n) is 10.1. The predicted molar refractivity (Wildman–Crippen MR) is 157 cm³/mol. The number of carbonyl (C=O) groups is 1. The maximum atomic E-state index is 13.9. The molecule has 0 saturated heterocycles. The van der Waals surface area contributed by atoms with Crippen LogP contribution in [-0.4, -0.2) is 69.0 Å². The summed E-state index contributed by atoms with van der Waals surface area (Å²) in [6.45, 7) is 0.471. The van der Waals surface area contributed by atoms with Crippen LogP contribution < -0.4 is 14.2 Å². The summed E-state index contributed by atoms with van der Waals surface area (Å²) in [5.74, 6) is 1.47. The van der Waals surface area contributed by atoms with E-state index >= 15 is 0 Å². The summed E-state index contributed by atoms with van der Waals surface area (Å²) in [4.78, 5) is 19.1. The number of ether oxygens (including phenoxy) is 3. The van der Waals surface area contributed by atoms with Gasteiger partial charge in [0.1, 0.15) is 5.75 Å². The van der Waals surface area contributed by atoms with Gasteiger partial charge in [0, 0.05) is 36.2 Å². The number of para-hydroxylation sites is 1. The number of nitrogens with one attached hydrogen (secondary N) is 1. The number of H-pyrrole nitrogens is 1. The Morgan fingerprint density at radius 1 is 0.927 bits per heavy atom. The lowest BCUT2D eigenvalue weighted by Gasteiger charge is -2.28. The number of nitrogens with zero attached hydrogens (tertiary/aromatic N) is 2. The van der Waals surface area contributed by atoms with E-state index in [4.69, 9.17) is 14.2 Å². The van der Waals surface area contributed by atoms with Crippen LogP contribution in [0.5, 0.6) is 17.2 Å². The number of hydrogen-bond donors (Lipinski definition) is 1. The Labute approximate surface area is 240 Å². The molecule has 1 amide bonds. The monoisotopic (exact) mass is 577 g/mol. The first kappa shape index (κ1) is 28.5. The molecule has 0 aliphatic heterocycles. The summed E-state index contributed by atoms with van der Waals surface area (Å²) < 4.78 is 44.7. The molecule has 0 bridgehead atoms. The minimum atomic E-state index is -3.88. The van der Waals surface area contributed by atoms with Gasteiger partial charge in [0.25, 0.3) is 0 Å². The number of carbonyl (C=O) groups excluding carboxylic acids is 1. The van der Waals surface area contributed by atoms with Crippen molar-refractivity contribution in [2.45, 2.75) is 36.7 Å². The Bertz CT molecular complexity index is 1610. The first-order chi connectivity index (χ1) is 19.8. The van der Waals surface area contributed by atoms with Crippen molar-refractivity contribution in [3.05, 3.63) is 84.1 Å². The number of hydrogen-bond acceptors (Lipinski definition) is 6.